The third-order valence-corrected chi connectivity index (χ3v) is 9.28. The highest BCUT2D eigenvalue weighted by molar-refractivity contribution is 7.98. The van der Waals surface area contributed by atoms with Crippen LogP contribution in [-0.2, 0) is 20.0 Å². The van der Waals surface area contributed by atoms with Crippen LogP contribution in [0, 0.1) is 0 Å². The van der Waals surface area contributed by atoms with Gasteiger partial charge >= 0.3 is 0 Å². The molecule has 0 aromatic carbocycles. The van der Waals surface area contributed by atoms with Crippen LogP contribution >= 0.6 is 22.9 Å². The average Bonchev–Trinajstić information content (AvgIpc) is 3.09. The summed E-state index contributed by atoms with van der Waals surface area (Å²) in [6.45, 7) is 5.04. The summed E-state index contributed by atoms with van der Waals surface area (Å²) in [5.41, 5.74) is 6.21. The molecular formula is C19H24ClN5O2S2. The van der Waals surface area contributed by atoms with Crippen LogP contribution in [0.5, 0.6) is 0 Å². The van der Waals surface area contributed by atoms with Gasteiger partial charge in [0.2, 0.25) is 5.96 Å². The Labute approximate surface area is 180 Å². The molecule has 0 bridgehead atoms. The largest absolute Gasteiger partial charge is 0.378 e. The molecule has 10 heteroatoms. The maximum atomic E-state index is 12.9. The number of halogens is 1. The molecule has 156 valence electrons. The Kier molecular flexibility index (Phi) is 5.27. The first-order valence-corrected chi connectivity index (χ1v) is 12.3. The Morgan fingerprint density at radius 3 is 2.72 bits per heavy atom. The molecule has 2 atom stereocenters. The normalized spacial score (nSPS) is 27.8. The summed E-state index contributed by atoms with van der Waals surface area (Å²) in [5.74, 6) is 5.27. The van der Waals surface area contributed by atoms with Crippen molar-refractivity contribution in [2.24, 2.45) is 10.7 Å². The van der Waals surface area contributed by atoms with Crippen molar-refractivity contribution in [3.05, 3.63) is 34.3 Å². The Morgan fingerprint density at radius 1 is 1.38 bits per heavy atom. The van der Waals surface area contributed by atoms with Crippen molar-refractivity contribution in [2.45, 2.75) is 12.5 Å². The summed E-state index contributed by atoms with van der Waals surface area (Å²) in [4.78, 5) is 13.2. The summed E-state index contributed by atoms with van der Waals surface area (Å²) in [7, 11) is -0.909. The van der Waals surface area contributed by atoms with Crippen molar-refractivity contribution < 1.29 is 8.95 Å². The Bertz CT molecular complexity index is 1050. The first-order chi connectivity index (χ1) is 13.7. The van der Waals surface area contributed by atoms with Gasteiger partial charge in [0.25, 0.3) is 0 Å². The molecule has 0 amide bonds. The fraction of sp³-hybridized carbons (Fsp3) is 0.421. The molecule has 0 radical (unpaired) electrons. The summed E-state index contributed by atoms with van der Waals surface area (Å²) in [5, 5.41) is 0.584. The van der Waals surface area contributed by atoms with Crippen molar-refractivity contribution in [1.29, 1.82) is 0 Å². The second-order valence-corrected chi connectivity index (χ2v) is 11.3. The van der Waals surface area contributed by atoms with Crippen LogP contribution < -0.4 is 10.6 Å². The summed E-state index contributed by atoms with van der Waals surface area (Å²) in [6, 6.07) is 5.97. The molecule has 0 aliphatic carbocycles. The van der Waals surface area contributed by atoms with E-state index in [0.29, 0.717) is 5.02 Å². The third-order valence-electron chi connectivity index (χ3n) is 5.23. The second kappa shape index (κ2) is 7.46. The number of hydrogen-bond donors (Lipinski definition) is 1. The highest BCUT2D eigenvalue weighted by atomic mass is 35.5. The molecule has 2 aliphatic heterocycles. The minimum Gasteiger partial charge on any atom is -0.378 e. The standard InChI is InChI=1S/C19H24ClN5O2S2/c1-19(12-29(3,26)24(2)18(21)23-19)17-14(20)10-15(28-17)13-4-5-16(22-11-13)25-6-8-27-9-7-25/h4-5,10-11H,3,6-9,12H2,1-2H3,(H2,21,23)/t19-,29?/m0/s1. The minimum absolute atomic E-state index is 0.210. The number of nitrogens with zero attached hydrogens (tertiary/aromatic N) is 4. The number of morpholine rings is 1. The van der Waals surface area contributed by atoms with Gasteiger partial charge in [0.05, 0.1) is 38.6 Å². The molecule has 1 unspecified atom stereocenters. The van der Waals surface area contributed by atoms with Gasteiger partial charge in [-0.1, -0.05) is 11.6 Å². The van der Waals surface area contributed by atoms with Gasteiger partial charge in [-0.3, -0.25) is 4.31 Å². The Hall–Kier alpha value is -1.81. The molecular weight excluding hydrogens is 430 g/mol. The van der Waals surface area contributed by atoms with Gasteiger partial charge < -0.3 is 15.4 Å². The SMILES string of the molecule is C=S1(=O)C[C@@](C)(c2sc(-c3ccc(N4CCOCC4)nc3)cc2Cl)N=C(N)N1C. The molecule has 4 rings (SSSR count). The lowest BCUT2D eigenvalue weighted by atomic mass is 10.0. The summed E-state index contributed by atoms with van der Waals surface area (Å²) in [6.07, 6.45) is 1.86. The van der Waals surface area contributed by atoms with E-state index in [2.05, 4.69) is 20.7 Å². The minimum atomic E-state index is -2.56. The van der Waals surface area contributed by atoms with Crippen LogP contribution in [0.3, 0.4) is 0 Å². The number of anilines is 1. The zero-order chi connectivity index (χ0) is 20.8. The van der Waals surface area contributed by atoms with E-state index in [1.807, 2.05) is 31.3 Å². The summed E-state index contributed by atoms with van der Waals surface area (Å²) < 4.78 is 19.8. The topological polar surface area (TPSA) is 84.0 Å². The smallest absolute Gasteiger partial charge is 0.203 e. The number of hydrogen-bond acceptors (Lipinski definition) is 7. The van der Waals surface area contributed by atoms with Crippen molar-refractivity contribution in [3.8, 4) is 10.4 Å². The van der Waals surface area contributed by atoms with E-state index >= 15 is 0 Å². The van der Waals surface area contributed by atoms with Crippen LogP contribution in [0.25, 0.3) is 10.4 Å². The first kappa shape index (κ1) is 20.5. The molecule has 2 N–H and O–H groups in total. The maximum absolute atomic E-state index is 12.9. The molecule has 0 spiro atoms. The average molecular weight is 454 g/mol. The molecule has 4 heterocycles. The zero-order valence-corrected chi connectivity index (χ0v) is 18.8. The van der Waals surface area contributed by atoms with Gasteiger partial charge in [0.15, 0.2) is 0 Å². The lowest BCUT2D eigenvalue weighted by Crippen LogP contribution is -2.50. The molecule has 7 nitrogen and oxygen atoms in total. The predicted octanol–water partition coefficient (Wildman–Crippen LogP) is 2.41. The number of aliphatic imine (C=N–C) groups is 1. The number of pyridine rings is 1. The molecule has 1 saturated heterocycles. The van der Waals surface area contributed by atoms with E-state index in [4.69, 9.17) is 22.1 Å². The number of ether oxygens (including phenoxy) is 1. The highest BCUT2D eigenvalue weighted by Gasteiger charge is 2.39. The van der Waals surface area contributed by atoms with Crippen molar-refractivity contribution in [1.82, 2.24) is 9.29 Å². The second-order valence-electron chi connectivity index (χ2n) is 7.45. The molecule has 2 aliphatic rings. The molecule has 29 heavy (non-hydrogen) atoms. The zero-order valence-electron chi connectivity index (χ0n) is 16.4. The van der Waals surface area contributed by atoms with Crippen LogP contribution in [0.4, 0.5) is 5.82 Å². The van der Waals surface area contributed by atoms with E-state index in [-0.39, 0.29) is 11.7 Å². The van der Waals surface area contributed by atoms with Crippen LogP contribution in [0.2, 0.25) is 5.02 Å². The molecule has 2 aromatic heterocycles. The summed E-state index contributed by atoms with van der Waals surface area (Å²) >= 11 is 8.10. The Morgan fingerprint density at radius 2 is 2.10 bits per heavy atom. The fourth-order valence-electron chi connectivity index (χ4n) is 3.57. The third kappa shape index (κ3) is 3.84. The van der Waals surface area contributed by atoms with Gasteiger partial charge in [0, 0.05) is 36.8 Å². The quantitative estimate of drug-likeness (QED) is 0.721. The van der Waals surface area contributed by atoms with E-state index in [0.717, 1.165) is 47.4 Å². The molecule has 2 aromatic rings. The van der Waals surface area contributed by atoms with Crippen LogP contribution in [-0.4, -0.2) is 64.4 Å². The van der Waals surface area contributed by atoms with Gasteiger partial charge in [0.1, 0.15) is 11.4 Å². The van der Waals surface area contributed by atoms with E-state index < -0.39 is 15.2 Å². The lowest BCUT2D eigenvalue weighted by molar-refractivity contribution is 0.122. The van der Waals surface area contributed by atoms with Crippen molar-refractivity contribution >= 4 is 50.3 Å². The van der Waals surface area contributed by atoms with E-state index in [9.17, 15) is 4.21 Å². The van der Waals surface area contributed by atoms with Gasteiger partial charge in [-0.25, -0.2) is 14.2 Å². The maximum Gasteiger partial charge on any atom is 0.203 e. The predicted molar refractivity (Wildman–Crippen MR) is 122 cm³/mol. The number of guanidine groups is 1. The number of aromatic nitrogens is 1. The van der Waals surface area contributed by atoms with Crippen LogP contribution in [0.15, 0.2) is 29.4 Å². The monoisotopic (exact) mass is 453 g/mol. The van der Waals surface area contributed by atoms with Crippen molar-refractivity contribution in [2.75, 3.05) is 44.0 Å². The number of rotatable bonds is 3. The fourth-order valence-corrected chi connectivity index (χ4v) is 6.94. The number of thiophene rings is 1. The molecule has 1 fully saturated rings. The van der Waals surface area contributed by atoms with E-state index in [1.165, 1.54) is 15.6 Å². The number of nitrogens with two attached hydrogens (primary N) is 1. The van der Waals surface area contributed by atoms with Gasteiger partial charge in [-0.15, -0.1) is 11.3 Å². The van der Waals surface area contributed by atoms with Gasteiger partial charge in [-0.05, 0) is 31.0 Å². The van der Waals surface area contributed by atoms with Gasteiger partial charge in [-0.2, -0.15) is 0 Å². The first-order valence-electron chi connectivity index (χ1n) is 9.23. The van der Waals surface area contributed by atoms with E-state index in [1.54, 1.807) is 7.05 Å². The molecule has 0 saturated carbocycles. The highest BCUT2D eigenvalue weighted by Crippen LogP contribution is 2.44. The lowest BCUT2D eigenvalue weighted by Gasteiger charge is -2.36. The van der Waals surface area contributed by atoms with Crippen LogP contribution in [0.1, 0.15) is 11.8 Å². The Balaban J connectivity index is 1.65. The van der Waals surface area contributed by atoms with Crippen molar-refractivity contribution in [3.63, 3.8) is 0 Å².